The maximum atomic E-state index is 12.4. The monoisotopic (exact) mass is 384 g/mol. The number of hydrogen-bond donors (Lipinski definition) is 1. The molecule has 0 radical (unpaired) electrons. The third kappa shape index (κ3) is 4.91. The summed E-state index contributed by atoms with van der Waals surface area (Å²) in [6.07, 6.45) is 2.98. The molecule has 0 saturated carbocycles. The Balaban J connectivity index is 1.57. The molecule has 2 aromatic rings. The van der Waals surface area contributed by atoms with Gasteiger partial charge in [-0.05, 0) is 25.8 Å². The number of imidazole rings is 1. The minimum absolute atomic E-state index is 0.135. The number of nitrogens with one attached hydrogen (secondary N) is 1. The van der Waals surface area contributed by atoms with Crippen molar-refractivity contribution < 1.29 is 14.3 Å². The molecule has 7 nitrogen and oxygen atoms in total. The van der Waals surface area contributed by atoms with E-state index >= 15 is 0 Å². The van der Waals surface area contributed by atoms with Crippen molar-refractivity contribution in [1.29, 1.82) is 0 Å². The number of likely N-dealkylation sites (tertiary alicyclic amines) is 1. The minimum atomic E-state index is -0.291. The van der Waals surface area contributed by atoms with Crippen LogP contribution in [0.15, 0.2) is 36.5 Å². The fourth-order valence-electron chi connectivity index (χ4n) is 3.55. The Morgan fingerprint density at radius 3 is 2.82 bits per heavy atom. The van der Waals surface area contributed by atoms with Gasteiger partial charge in [-0.15, -0.1) is 0 Å². The van der Waals surface area contributed by atoms with E-state index in [4.69, 9.17) is 4.74 Å². The number of aryl methyl sites for hydroxylation is 1. The van der Waals surface area contributed by atoms with Crippen molar-refractivity contribution in [2.24, 2.45) is 0 Å². The van der Waals surface area contributed by atoms with Crippen LogP contribution in [0.3, 0.4) is 0 Å². The van der Waals surface area contributed by atoms with Gasteiger partial charge in [0.1, 0.15) is 5.82 Å². The first-order chi connectivity index (χ1) is 13.6. The zero-order chi connectivity index (χ0) is 19.9. The maximum Gasteiger partial charge on any atom is 0.317 e. The van der Waals surface area contributed by atoms with Gasteiger partial charge in [0.15, 0.2) is 0 Å². The van der Waals surface area contributed by atoms with Crippen LogP contribution in [0, 0.1) is 6.92 Å². The number of urea groups is 1. The number of esters is 1. The third-order valence-corrected chi connectivity index (χ3v) is 5.02. The molecule has 1 saturated heterocycles. The molecule has 1 fully saturated rings. The molecule has 1 aliphatic rings. The average molecular weight is 384 g/mol. The lowest BCUT2D eigenvalue weighted by Crippen LogP contribution is -2.39. The number of aromatic nitrogens is 2. The molecule has 0 spiro atoms. The summed E-state index contributed by atoms with van der Waals surface area (Å²) < 4.78 is 7.11. The summed E-state index contributed by atoms with van der Waals surface area (Å²) in [7, 11) is 0. The minimum Gasteiger partial charge on any atom is -0.466 e. The van der Waals surface area contributed by atoms with Gasteiger partial charge < -0.3 is 19.5 Å². The Kier molecular flexibility index (Phi) is 6.68. The van der Waals surface area contributed by atoms with E-state index in [1.165, 1.54) is 5.56 Å². The van der Waals surface area contributed by atoms with Crippen molar-refractivity contribution in [3.63, 3.8) is 0 Å². The number of ether oxygens (including phenoxy) is 1. The van der Waals surface area contributed by atoms with Gasteiger partial charge in [0.05, 0.1) is 13.0 Å². The fraction of sp³-hybridized carbons (Fsp3) is 0.476. The van der Waals surface area contributed by atoms with Gasteiger partial charge in [-0.2, -0.15) is 0 Å². The van der Waals surface area contributed by atoms with Crippen LogP contribution in [-0.4, -0.2) is 52.7 Å². The molecule has 1 unspecified atom stereocenters. The van der Waals surface area contributed by atoms with Crippen molar-refractivity contribution in [2.75, 3.05) is 26.2 Å². The summed E-state index contributed by atoms with van der Waals surface area (Å²) >= 11 is 0. The molecule has 2 amide bonds. The van der Waals surface area contributed by atoms with Gasteiger partial charge in [-0.1, -0.05) is 30.3 Å². The SMILES string of the molecule is CCOC(=O)CCNC(=O)N1CCC(c2ncc(C)n2Cc2ccccc2)C1. The molecule has 1 N–H and O–H groups in total. The molecule has 1 aromatic heterocycles. The topological polar surface area (TPSA) is 76.5 Å². The van der Waals surface area contributed by atoms with Gasteiger partial charge in [0.2, 0.25) is 0 Å². The lowest BCUT2D eigenvalue weighted by atomic mass is 10.1. The maximum absolute atomic E-state index is 12.4. The van der Waals surface area contributed by atoms with Gasteiger partial charge >= 0.3 is 12.0 Å². The molecule has 1 atom stereocenters. The smallest absolute Gasteiger partial charge is 0.317 e. The lowest BCUT2D eigenvalue weighted by molar-refractivity contribution is -0.142. The highest BCUT2D eigenvalue weighted by molar-refractivity contribution is 5.76. The van der Waals surface area contributed by atoms with Gasteiger partial charge in [0, 0.05) is 44.0 Å². The molecule has 3 rings (SSSR count). The van der Waals surface area contributed by atoms with Crippen molar-refractivity contribution >= 4 is 12.0 Å². The van der Waals surface area contributed by atoms with Crippen LogP contribution in [0.25, 0.3) is 0 Å². The van der Waals surface area contributed by atoms with E-state index in [0.29, 0.717) is 26.2 Å². The molecule has 2 heterocycles. The van der Waals surface area contributed by atoms with Crippen LogP contribution in [0.4, 0.5) is 4.79 Å². The quantitative estimate of drug-likeness (QED) is 0.745. The second-order valence-corrected chi connectivity index (χ2v) is 7.05. The van der Waals surface area contributed by atoms with E-state index in [1.54, 1.807) is 11.8 Å². The summed E-state index contributed by atoms with van der Waals surface area (Å²) in [6, 6.07) is 10.2. The number of benzene rings is 1. The average Bonchev–Trinajstić information content (AvgIpc) is 3.30. The summed E-state index contributed by atoms with van der Waals surface area (Å²) in [4.78, 5) is 30.2. The van der Waals surface area contributed by atoms with Crippen molar-refractivity contribution in [3.05, 3.63) is 53.6 Å². The highest BCUT2D eigenvalue weighted by Crippen LogP contribution is 2.27. The van der Waals surface area contributed by atoms with E-state index in [0.717, 1.165) is 24.5 Å². The molecule has 0 bridgehead atoms. The summed E-state index contributed by atoms with van der Waals surface area (Å²) in [5, 5.41) is 2.80. The second kappa shape index (κ2) is 9.39. The lowest BCUT2D eigenvalue weighted by Gasteiger charge is -2.18. The number of nitrogens with zero attached hydrogens (tertiary/aromatic N) is 3. The number of amides is 2. The summed E-state index contributed by atoms with van der Waals surface area (Å²) in [5.41, 5.74) is 2.35. The largest absolute Gasteiger partial charge is 0.466 e. The van der Waals surface area contributed by atoms with E-state index in [1.807, 2.05) is 24.4 Å². The van der Waals surface area contributed by atoms with Gasteiger partial charge in [-0.3, -0.25) is 4.79 Å². The predicted octanol–water partition coefficient (Wildman–Crippen LogP) is 2.69. The molecule has 0 aliphatic carbocycles. The van der Waals surface area contributed by atoms with Crippen LogP contribution in [0.1, 0.15) is 42.8 Å². The molecule has 1 aliphatic heterocycles. The first-order valence-corrected chi connectivity index (χ1v) is 9.82. The fourth-order valence-corrected chi connectivity index (χ4v) is 3.55. The molecule has 7 heteroatoms. The molecule has 1 aromatic carbocycles. The Bertz CT molecular complexity index is 803. The molecule has 150 valence electrons. The second-order valence-electron chi connectivity index (χ2n) is 7.05. The van der Waals surface area contributed by atoms with Crippen LogP contribution in [0.2, 0.25) is 0 Å². The van der Waals surface area contributed by atoms with Crippen LogP contribution in [-0.2, 0) is 16.1 Å². The van der Waals surface area contributed by atoms with Crippen molar-refractivity contribution in [1.82, 2.24) is 19.8 Å². The van der Waals surface area contributed by atoms with Crippen LogP contribution in [0.5, 0.6) is 0 Å². The van der Waals surface area contributed by atoms with Gasteiger partial charge in [-0.25, -0.2) is 9.78 Å². The summed E-state index contributed by atoms with van der Waals surface area (Å²) in [6.45, 7) is 6.59. The highest BCUT2D eigenvalue weighted by atomic mass is 16.5. The third-order valence-electron chi connectivity index (χ3n) is 5.02. The van der Waals surface area contributed by atoms with E-state index < -0.39 is 0 Å². The van der Waals surface area contributed by atoms with Crippen LogP contribution < -0.4 is 5.32 Å². The van der Waals surface area contributed by atoms with Gasteiger partial charge in [0.25, 0.3) is 0 Å². The Hall–Kier alpha value is -2.83. The Morgan fingerprint density at radius 2 is 2.07 bits per heavy atom. The van der Waals surface area contributed by atoms with E-state index in [2.05, 4.69) is 33.9 Å². The zero-order valence-electron chi connectivity index (χ0n) is 16.6. The zero-order valence-corrected chi connectivity index (χ0v) is 16.6. The molecule has 28 heavy (non-hydrogen) atoms. The number of rotatable bonds is 7. The van der Waals surface area contributed by atoms with Crippen molar-refractivity contribution in [2.45, 2.75) is 39.2 Å². The number of hydrogen-bond acceptors (Lipinski definition) is 4. The van der Waals surface area contributed by atoms with E-state index in [-0.39, 0.29) is 24.3 Å². The molecular formula is C21H28N4O3. The van der Waals surface area contributed by atoms with E-state index in [9.17, 15) is 9.59 Å². The first kappa shape index (κ1) is 19.9. The normalized spacial score (nSPS) is 16.2. The van der Waals surface area contributed by atoms with Crippen LogP contribution >= 0.6 is 0 Å². The number of carbonyl (C=O) groups excluding carboxylic acids is 2. The number of carbonyl (C=O) groups is 2. The summed E-state index contributed by atoms with van der Waals surface area (Å²) in [5.74, 6) is 0.955. The standard InChI is InChI=1S/C21H28N4O3/c1-3-28-19(26)9-11-22-21(27)24-12-10-18(15-24)20-23-13-16(2)25(20)14-17-7-5-4-6-8-17/h4-8,13,18H,3,9-12,14-15H2,1-2H3,(H,22,27). The Morgan fingerprint density at radius 1 is 1.29 bits per heavy atom. The van der Waals surface area contributed by atoms with Crippen molar-refractivity contribution in [3.8, 4) is 0 Å². The Labute approximate surface area is 165 Å². The molecular weight excluding hydrogens is 356 g/mol. The predicted molar refractivity (Wildman–Crippen MR) is 106 cm³/mol. The first-order valence-electron chi connectivity index (χ1n) is 9.82. The highest BCUT2D eigenvalue weighted by Gasteiger charge is 2.30.